The van der Waals surface area contributed by atoms with Crippen LogP contribution in [0.15, 0.2) is 41.8 Å². The molecule has 2 heteroatoms. The van der Waals surface area contributed by atoms with Crippen LogP contribution in [0, 0.1) is 0 Å². The molecule has 0 heterocycles. The van der Waals surface area contributed by atoms with E-state index in [1.165, 1.54) is 0 Å². The Labute approximate surface area is 72.5 Å². The monoisotopic (exact) mass is 165 g/mol. The van der Waals surface area contributed by atoms with Crippen molar-refractivity contribution in [3.8, 4) is 0 Å². The molecule has 0 aliphatic heterocycles. The van der Waals surface area contributed by atoms with E-state index in [0.717, 1.165) is 17.1 Å². The Morgan fingerprint density at radius 2 is 2.00 bits per heavy atom. The zero-order valence-electron chi connectivity index (χ0n) is 6.25. The maximum atomic E-state index is 4.17. The molecule has 0 aromatic heterocycles. The molecule has 1 aromatic rings. The molecule has 0 bridgehead atoms. The lowest BCUT2D eigenvalue weighted by molar-refractivity contribution is 1.33. The first kappa shape index (κ1) is 8.21. The van der Waals surface area contributed by atoms with Gasteiger partial charge in [-0.05, 0) is 24.3 Å². The van der Waals surface area contributed by atoms with E-state index in [0.29, 0.717) is 0 Å². The zero-order chi connectivity index (χ0) is 8.10. The Bertz CT molecular complexity index is 228. The lowest BCUT2D eigenvalue weighted by Gasteiger charge is -2.01. The van der Waals surface area contributed by atoms with Crippen LogP contribution in [-0.2, 0) is 0 Å². The molecule has 0 unspecified atom stereocenters. The zero-order valence-corrected chi connectivity index (χ0v) is 7.14. The Kier molecular flexibility index (Phi) is 3.05. The van der Waals surface area contributed by atoms with Gasteiger partial charge in [0.2, 0.25) is 0 Å². The van der Waals surface area contributed by atoms with E-state index in [1.807, 2.05) is 30.3 Å². The highest BCUT2D eigenvalue weighted by Gasteiger charge is 1.87. The van der Waals surface area contributed by atoms with Gasteiger partial charge in [0.25, 0.3) is 0 Å². The van der Waals surface area contributed by atoms with E-state index in [2.05, 4.69) is 24.5 Å². The van der Waals surface area contributed by atoms with Gasteiger partial charge in [0.05, 0.1) is 0 Å². The normalized spacial score (nSPS) is 9.18. The SMILES string of the molecule is C=CCNc1ccc(S)cc1. The molecule has 1 N–H and O–H groups in total. The van der Waals surface area contributed by atoms with Crippen LogP contribution in [0.5, 0.6) is 0 Å². The van der Waals surface area contributed by atoms with Crippen LogP contribution < -0.4 is 5.32 Å². The molecule has 1 rings (SSSR count). The molecule has 0 aliphatic carbocycles. The third-order valence-electron chi connectivity index (χ3n) is 1.32. The molecule has 0 fully saturated rings. The summed E-state index contributed by atoms with van der Waals surface area (Å²) in [6.45, 7) is 4.41. The number of rotatable bonds is 3. The number of hydrogen-bond donors (Lipinski definition) is 2. The highest BCUT2D eigenvalue weighted by atomic mass is 32.1. The Balaban J connectivity index is 2.58. The average molecular weight is 165 g/mol. The van der Waals surface area contributed by atoms with Gasteiger partial charge in [0, 0.05) is 17.1 Å². The molecule has 0 saturated heterocycles. The van der Waals surface area contributed by atoms with Gasteiger partial charge in [0.1, 0.15) is 0 Å². The summed E-state index contributed by atoms with van der Waals surface area (Å²) in [5, 5.41) is 3.17. The molecule has 1 aromatic carbocycles. The molecule has 0 spiro atoms. The van der Waals surface area contributed by atoms with Crippen LogP contribution in [-0.4, -0.2) is 6.54 Å². The second-order valence-corrected chi connectivity index (χ2v) is 2.73. The van der Waals surface area contributed by atoms with Gasteiger partial charge in [-0.25, -0.2) is 0 Å². The van der Waals surface area contributed by atoms with Gasteiger partial charge in [-0.3, -0.25) is 0 Å². The molecular weight excluding hydrogens is 154 g/mol. The van der Waals surface area contributed by atoms with Gasteiger partial charge in [-0.2, -0.15) is 0 Å². The molecular formula is C9H11NS. The van der Waals surface area contributed by atoms with Crippen molar-refractivity contribution in [2.45, 2.75) is 4.90 Å². The van der Waals surface area contributed by atoms with Crippen LogP contribution >= 0.6 is 12.6 Å². The summed E-state index contributed by atoms with van der Waals surface area (Å²) in [6, 6.07) is 7.89. The second-order valence-electron chi connectivity index (χ2n) is 2.22. The minimum Gasteiger partial charge on any atom is -0.382 e. The molecule has 0 atom stereocenters. The van der Waals surface area contributed by atoms with Crippen LogP contribution in [0.3, 0.4) is 0 Å². The number of nitrogens with one attached hydrogen (secondary N) is 1. The van der Waals surface area contributed by atoms with Crippen LogP contribution in [0.1, 0.15) is 0 Å². The summed E-state index contributed by atoms with van der Waals surface area (Å²) in [7, 11) is 0. The van der Waals surface area contributed by atoms with E-state index in [4.69, 9.17) is 0 Å². The Morgan fingerprint density at radius 1 is 1.36 bits per heavy atom. The highest BCUT2D eigenvalue weighted by molar-refractivity contribution is 7.80. The topological polar surface area (TPSA) is 12.0 Å². The van der Waals surface area contributed by atoms with E-state index < -0.39 is 0 Å². The fourth-order valence-electron chi connectivity index (χ4n) is 0.769. The van der Waals surface area contributed by atoms with Crippen molar-refractivity contribution < 1.29 is 0 Å². The molecule has 0 amide bonds. The van der Waals surface area contributed by atoms with Crippen LogP contribution in [0.2, 0.25) is 0 Å². The van der Waals surface area contributed by atoms with Crippen LogP contribution in [0.25, 0.3) is 0 Å². The third-order valence-corrected chi connectivity index (χ3v) is 1.62. The first-order valence-corrected chi connectivity index (χ1v) is 3.91. The second kappa shape index (κ2) is 4.09. The first-order chi connectivity index (χ1) is 5.33. The smallest absolute Gasteiger partial charge is 0.0343 e. The summed E-state index contributed by atoms with van der Waals surface area (Å²) in [5.41, 5.74) is 1.10. The summed E-state index contributed by atoms with van der Waals surface area (Å²) >= 11 is 4.17. The largest absolute Gasteiger partial charge is 0.382 e. The summed E-state index contributed by atoms with van der Waals surface area (Å²) in [6.07, 6.45) is 1.83. The van der Waals surface area contributed by atoms with E-state index in [-0.39, 0.29) is 0 Å². The van der Waals surface area contributed by atoms with Gasteiger partial charge < -0.3 is 5.32 Å². The highest BCUT2D eigenvalue weighted by Crippen LogP contribution is 2.11. The maximum absolute atomic E-state index is 4.17. The molecule has 1 nitrogen and oxygen atoms in total. The maximum Gasteiger partial charge on any atom is 0.0343 e. The van der Waals surface area contributed by atoms with Crippen molar-refractivity contribution in [1.29, 1.82) is 0 Å². The van der Waals surface area contributed by atoms with Gasteiger partial charge in [-0.1, -0.05) is 6.08 Å². The predicted molar refractivity (Wildman–Crippen MR) is 52.4 cm³/mol. The number of hydrogen-bond acceptors (Lipinski definition) is 2. The fraction of sp³-hybridized carbons (Fsp3) is 0.111. The van der Waals surface area contributed by atoms with Crippen molar-refractivity contribution in [2.24, 2.45) is 0 Å². The van der Waals surface area contributed by atoms with Crippen LogP contribution in [0.4, 0.5) is 5.69 Å². The summed E-state index contributed by atoms with van der Waals surface area (Å²) in [5.74, 6) is 0. The van der Waals surface area contributed by atoms with Crippen molar-refractivity contribution >= 4 is 18.3 Å². The minimum absolute atomic E-state index is 0.798. The lowest BCUT2D eigenvalue weighted by atomic mass is 10.3. The van der Waals surface area contributed by atoms with Crippen molar-refractivity contribution in [1.82, 2.24) is 0 Å². The predicted octanol–water partition coefficient (Wildman–Crippen LogP) is 2.57. The molecule has 11 heavy (non-hydrogen) atoms. The quantitative estimate of drug-likeness (QED) is 0.518. The van der Waals surface area contributed by atoms with Gasteiger partial charge >= 0.3 is 0 Å². The van der Waals surface area contributed by atoms with Gasteiger partial charge in [-0.15, -0.1) is 19.2 Å². The molecule has 0 saturated carbocycles. The lowest BCUT2D eigenvalue weighted by Crippen LogP contribution is -1.96. The van der Waals surface area contributed by atoms with E-state index in [1.54, 1.807) is 0 Å². The van der Waals surface area contributed by atoms with Crippen molar-refractivity contribution in [3.05, 3.63) is 36.9 Å². The molecule has 0 aliphatic rings. The number of thiol groups is 1. The summed E-state index contributed by atoms with van der Waals surface area (Å²) in [4.78, 5) is 0.981. The standard InChI is InChI=1S/C9H11NS/c1-2-7-10-8-3-5-9(11)6-4-8/h2-6,10-11H,1,7H2. The molecule has 58 valence electrons. The third kappa shape index (κ3) is 2.68. The van der Waals surface area contributed by atoms with Gasteiger partial charge in [0.15, 0.2) is 0 Å². The average Bonchev–Trinajstić information content (AvgIpc) is 2.04. The minimum atomic E-state index is 0.798. The van der Waals surface area contributed by atoms with Crippen molar-refractivity contribution in [3.63, 3.8) is 0 Å². The Hall–Kier alpha value is -0.890. The number of benzene rings is 1. The van der Waals surface area contributed by atoms with E-state index >= 15 is 0 Å². The van der Waals surface area contributed by atoms with Crippen molar-refractivity contribution in [2.75, 3.05) is 11.9 Å². The molecule has 0 radical (unpaired) electrons. The first-order valence-electron chi connectivity index (χ1n) is 3.47. The fourth-order valence-corrected chi connectivity index (χ4v) is 0.918. The van der Waals surface area contributed by atoms with E-state index in [9.17, 15) is 0 Å². The summed E-state index contributed by atoms with van der Waals surface area (Å²) < 4.78 is 0. The Morgan fingerprint density at radius 3 is 2.55 bits per heavy atom. The number of anilines is 1.